The molecule has 1 saturated carbocycles. The first-order valence-electron chi connectivity index (χ1n) is 9.80. The Hall–Kier alpha value is -1.63. The highest BCUT2D eigenvalue weighted by Crippen LogP contribution is 2.38. The molecule has 0 bridgehead atoms. The maximum atomic E-state index is 5.13. The van der Waals surface area contributed by atoms with Gasteiger partial charge >= 0.3 is 0 Å². The van der Waals surface area contributed by atoms with Crippen LogP contribution in [0.5, 0.6) is 0 Å². The third-order valence-corrected chi connectivity index (χ3v) is 5.55. The van der Waals surface area contributed by atoms with Crippen molar-refractivity contribution in [2.45, 2.75) is 59.4 Å². The number of aryl methyl sites for hydroxylation is 1. The monoisotopic (exact) mass is 364 g/mol. The number of nitrogens with zero attached hydrogens (tertiary/aromatic N) is 4. The molecule has 0 aliphatic heterocycles. The Kier molecular flexibility index (Phi) is 7.87. The van der Waals surface area contributed by atoms with E-state index in [4.69, 9.17) is 9.73 Å². The summed E-state index contributed by atoms with van der Waals surface area (Å²) in [6, 6.07) is 0. The van der Waals surface area contributed by atoms with E-state index in [1.807, 2.05) is 18.5 Å². The fraction of sp³-hybridized carbons (Fsp3) is 0.842. The number of aromatic nitrogens is 3. The standard InChI is InChI=1S/C19H36N6O/c1-15-23-24-17(25(15)4)13-21-18(20-11-8-12-26-5)22-14-19(2,3)16-9-6-7-10-16/h16H,6-14H2,1-5H3,(H2,20,21,22). The molecule has 7 nitrogen and oxygen atoms in total. The lowest BCUT2D eigenvalue weighted by Gasteiger charge is -2.32. The van der Waals surface area contributed by atoms with Crippen molar-refractivity contribution in [1.29, 1.82) is 0 Å². The summed E-state index contributed by atoms with van der Waals surface area (Å²) in [5.74, 6) is 3.41. The second-order valence-corrected chi connectivity index (χ2v) is 7.98. The number of rotatable bonds is 9. The van der Waals surface area contributed by atoms with Crippen molar-refractivity contribution in [2.75, 3.05) is 26.8 Å². The molecule has 0 saturated heterocycles. The zero-order valence-corrected chi connectivity index (χ0v) is 17.1. The molecule has 2 rings (SSSR count). The van der Waals surface area contributed by atoms with E-state index < -0.39 is 0 Å². The molecule has 1 aliphatic rings. The van der Waals surface area contributed by atoms with Crippen molar-refractivity contribution < 1.29 is 4.74 Å². The van der Waals surface area contributed by atoms with Crippen LogP contribution in [0.4, 0.5) is 0 Å². The summed E-state index contributed by atoms with van der Waals surface area (Å²) >= 11 is 0. The number of nitrogens with one attached hydrogen (secondary N) is 2. The Labute approximate surface area is 158 Å². The van der Waals surface area contributed by atoms with E-state index in [-0.39, 0.29) is 5.41 Å². The van der Waals surface area contributed by atoms with Crippen LogP contribution in [0.1, 0.15) is 57.6 Å². The minimum absolute atomic E-state index is 0.271. The normalized spacial score (nSPS) is 16.3. The quantitative estimate of drug-likeness (QED) is 0.400. The minimum atomic E-state index is 0.271. The molecule has 0 unspecified atom stereocenters. The predicted molar refractivity (Wildman–Crippen MR) is 105 cm³/mol. The van der Waals surface area contributed by atoms with Crippen LogP contribution < -0.4 is 10.6 Å². The molecule has 0 amide bonds. The van der Waals surface area contributed by atoms with Gasteiger partial charge in [-0.15, -0.1) is 10.2 Å². The van der Waals surface area contributed by atoms with E-state index in [1.54, 1.807) is 7.11 Å². The van der Waals surface area contributed by atoms with Gasteiger partial charge in [0.15, 0.2) is 11.8 Å². The van der Waals surface area contributed by atoms with Crippen LogP contribution in [0.25, 0.3) is 0 Å². The van der Waals surface area contributed by atoms with E-state index in [1.165, 1.54) is 25.7 Å². The van der Waals surface area contributed by atoms with Gasteiger partial charge < -0.3 is 19.9 Å². The molecule has 1 aromatic rings. The third kappa shape index (κ3) is 5.97. The second kappa shape index (κ2) is 9.90. The lowest BCUT2D eigenvalue weighted by atomic mass is 9.78. The summed E-state index contributed by atoms with van der Waals surface area (Å²) in [6.45, 7) is 9.70. The van der Waals surface area contributed by atoms with Crippen LogP contribution in [-0.2, 0) is 18.3 Å². The summed E-state index contributed by atoms with van der Waals surface area (Å²) in [5.41, 5.74) is 0.271. The van der Waals surface area contributed by atoms with Gasteiger partial charge in [-0.2, -0.15) is 0 Å². The number of ether oxygens (including phenoxy) is 1. The molecule has 1 aromatic heterocycles. The van der Waals surface area contributed by atoms with Gasteiger partial charge in [-0.05, 0) is 37.5 Å². The van der Waals surface area contributed by atoms with Gasteiger partial charge in [-0.1, -0.05) is 26.7 Å². The van der Waals surface area contributed by atoms with Crippen LogP contribution in [0.15, 0.2) is 4.99 Å². The summed E-state index contributed by atoms with van der Waals surface area (Å²) < 4.78 is 7.11. The van der Waals surface area contributed by atoms with E-state index >= 15 is 0 Å². The van der Waals surface area contributed by atoms with Gasteiger partial charge in [0.05, 0.1) is 0 Å². The molecule has 1 heterocycles. The van der Waals surface area contributed by atoms with Crippen LogP contribution >= 0.6 is 0 Å². The molecule has 0 aromatic carbocycles. The van der Waals surface area contributed by atoms with Gasteiger partial charge in [0.1, 0.15) is 12.4 Å². The summed E-state index contributed by atoms with van der Waals surface area (Å²) in [4.78, 5) is 4.73. The summed E-state index contributed by atoms with van der Waals surface area (Å²) in [5, 5.41) is 15.3. The third-order valence-electron chi connectivity index (χ3n) is 5.55. The number of guanidine groups is 1. The summed E-state index contributed by atoms with van der Waals surface area (Å²) in [7, 11) is 3.70. The molecule has 26 heavy (non-hydrogen) atoms. The molecule has 1 aliphatic carbocycles. The average molecular weight is 365 g/mol. The van der Waals surface area contributed by atoms with E-state index in [9.17, 15) is 0 Å². The average Bonchev–Trinajstić information content (AvgIpc) is 3.26. The number of aliphatic imine (C=N–C) groups is 1. The van der Waals surface area contributed by atoms with E-state index in [2.05, 4.69) is 34.7 Å². The van der Waals surface area contributed by atoms with Crippen molar-refractivity contribution in [3.05, 3.63) is 11.6 Å². The van der Waals surface area contributed by atoms with E-state index in [0.29, 0.717) is 6.54 Å². The molecule has 0 atom stereocenters. The van der Waals surface area contributed by atoms with Crippen LogP contribution in [-0.4, -0.2) is 47.5 Å². The first kappa shape index (κ1) is 20.7. The molecule has 148 valence electrons. The highest BCUT2D eigenvalue weighted by Gasteiger charge is 2.31. The molecule has 1 fully saturated rings. The maximum absolute atomic E-state index is 5.13. The zero-order valence-electron chi connectivity index (χ0n) is 17.1. The van der Waals surface area contributed by atoms with Crippen LogP contribution in [0, 0.1) is 18.3 Å². The lowest BCUT2D eigenvalue weighted by Crippen LogP contribution is -2.44. The van der Waals surface area contributed by atoms with Gasteiger partial charge in [-0.3, -0.25) is 0 Å². The largest absolute Gasteiger partial charge is 0.385 e. The van der Waals surface area contributed by atoms with Gasteiger partial charge in [0.25, 0.3) is 0 Å². The Morgan fingerprint density at radius 2 is 2.00 bits per heavy atom. The molecule has 2 N–H and O–H groups in total. The van der Waals surface area contributed by atoms with Crippen molar-refractivity contribution in [3.63, 3.8) is 0 Å². The number of methoxy groups -OCH3 is 1. The van der Waals surface area contributed by atoms with E-state index in [0.717, 1.165) is 49.6 Å². The minimum Gasteiger partial charge on any atom is -0.385 e. The first-order chi connectivity index (χ1) is 12.4. The second-order valence-electron chi connectivity index (χ2n) is 7.98. The van der Waals surface area contributed by atoms with Crippen LogP contribution in [0.3, 0.4) is 0 Å². The SMILES string of the molecule is COCCCNC(=NCc1nnc(C)n1C)NCC(C)(C)C1CCCC1. The fourth-order valence-corrected chi connectivity index (χ4v) is 3.50. The Balaban J connectivity index is 1.95. The maximum Gasteiger partial charge on any atom is 0.191 e. The predicted octanol–water partition coefficient (Wildman–Crippen LogP) is 2.41. The molecule has 0 radical (unpaired) electrons. The van der Waals surface area contributed by atoms with Crippen molar-refractivity contribution in [1.82, 2.24) is 25.4 Å². The molecule has 7 heteroatoms. The highest BCUT2D eigenvalue weighted by atomic mass is 16.5. The summed E-state index contributed by atoms with van der Waals surface area (Å²) in [6.07, 6.45) is 6.39. The zero-order chi connectivity index (χ0) is 19.0. The van der Waals surface area contributed by atoms with Gasteiger partial charge in [-0.25, -0.2) is 4.99 Å². The van der Waals surface area contributed by atoms with Crippen molar-refractivity contribution >= 4 is 5.96 Å². The number of hydrogen-bond donors (Lipinski definition) is 2. The van der Waals surface area contributed by atoms with Crippen LogP contribution in [0.2, 0.25) is 0 Å². The van der Waals surface area contributed by atoms with Crippen molar-refractivity contribution in [2.24, 2.45) is 23.4 Å². The highest BCUT2D eigenvalue weighted by molar-refractivity contribution is 5.79. The lowest BCUT2D eigenvalue weighted by molar-refractivity contribution is 0.195. The smallest absolute Gasteiger partial charge is 0.191 e. The Morgan fingerprint density at radius 1 is 1.27 bits per heavy atom. The Bertz CT molecular complexity index is 575. The first-order valence-corrected chi connectivity index (χ1v) is 9.80. The molecule has 0 spiro atoms. The topological polar surface area (TPSA) is 76.4 Å². The molecular formula is C19H36N6O. The van der Waals surface area contributed by atoms with Crippen molar-refractivity contribution in [3.8, 4) is 0 Å². The number of hydrogen-bond acceptors (Lipinski definition) is 4. The molecular weight excluding hydrogens is 328 g/mol. The Morgan fingerprint density at radius 3 is 2.62 bits per heavy atom. The van der Waals surface area contributed by atoms with Gasteiger partial charge in [0, 0.05) is 33.9 Å². The fourth-order valence-electron chi connectivity index (χ4n) is 3.50. The van der Waals surface area contributed by atoms with Gasteiger partial charge in [0.2, 0.25) is 0 Å².